The second-order valence-corrected chi connectivity index (χ2v) is 7.48. The molecule has 2 heterocycles. The predicted molar refractivity (Wildman–Crippen MR) is 118 cm³/mol. The van der Waals surface area contributed by atoms with E-state index in [0.717, 1.165) is 27.9 Å². The molecule has 0 saturated carbocycles. The smallest absolute Gasteiger partial charge is 0.252 e. The van der Waals surface area contributed by atoms with Crippen molar-refractivity contribution < 1.29 is 4.79 Å². The standard InChI is InChI=1S/C24H24N4O2/c1-16-14-22(30)27(15-21(29)25-17(2)19-10-6-4-7-11-19)24-23(16)18(3)26-28(24)20-12-8-5-9-13-20/h4-14,17H,15H2,1-3H3,(H,25,29)/t17-/m1/s1. The molecule has 2 aromatic heterocycles. The molecule has 0 radical (unpaired) electrons. The van der Waals surface area contributed by atoms with Gasteiger partial charge in [0.15, 0.2) is 0 Å². The number of nitrogens with zero attached hydrogens (tertiary/aromatic N) is 3. The van der Waals surface area contributed by atoms with Crippen molar-refractivity contribution in [3.8, 4) is 5.69 Å². The summed E-state index contributed by atoms with van der Waals surface area (Å²) in [6.45, 7) is 5.67. The monoisotopic (exact) mass is 400 g/mol. The molecular formula is C24H24N4O2. The van der Waals surface area contributed by atoms with Crippen molar-refractivity contribution >= 4 is 16.9 Å². The maximum atomic E-state index is 12.9. The molecule has 0 spiro atoms. The zero-order valence-corrected chi connectivity index (χ0v) is 17.3. The highest BCUT2D eigenvalue weighted by atomic mass is 16.2. The zero-order chi connectivity index (χ0) is 21.3. The molecule has 2 aromatic carbocycles. The van der Waals surface area contributed by atoms with Crippen LogP contribution in [-0.2, 0) is 11.3 Å². The molecule has 30 heavy (non-hydrogen) atoms. The summed E-state index contributed by atoms with van der Waals surface area (Å²) in [4.78, 5) is 25.7. The first kappa shape index (κ1) is 19.6. The molecule has 0 saturated heterocycles. The summed E-state index contributed by atoms with van der Waals surface area (Å²) in [6.07, 6.45) is 0. The zero-order valence-electron chi connectivity index (χ0n) is 17.3. The molecule has 1 amide bonds. The van der Waals surface area contributed by atoms with Crippen molar-refractivity contribution in [2.24, 2.45) is 0 Å². The Labute approximate surface area is 174 Å². The third-order valence-electron chi connectivity index (χ3n) is 5.27. The van der Waals surface area contributed by atoms with Crippen LogP contribution in [0.15, 0.2) is 71.5 Å². The molecule has 152 valence electrons. The van der Waals surface area contributed by atoms with Crippen LogP contribution in [0.25, 0.3) is 16.7 Å². The lowest BCUT2D eigenvalue weighted by Gasteiger charge is -2.16. The minimum Gasteiger partial charge on any atom is -0.348 e. The van der Waals surface area contributed by atoms with Crippen LogP contribution in [0.4, 0.5) is 0 Å². The molecule has 0 aliphatic carbocycles. The number of rotatable bonds is 5. The molecule has 6 nitrogen and oxygen atoms in total. The fourth-order valence-corrected chi connectivity index (χ4v) is 3.82. The topological polar surface area (TPSA) is 68.9 Å². The van der Waals surface area contributed by atoms with Crippen LogP contribution in [-0.4, -0.2) is 20.3 Å². The van der Waals surface area contributed by atoms with E-state index >= 15 is 0 Å². The van der Waals surface area contributed by atoms with Crippen molar-refractivity contribution in [1.29, 1.82) is 0 Å². The normalized spacial score (nSPS) is 12.1. The number of hydrogen-bond acceptors (Lipinski definition) is 3. The van der Waals surface area contributed by atoms with Crippen LogP contribution >= 0.6 is 0 Å². The van der Waals surface area contributed by atoms with E-state index < -0.39 is 0 Å². The van der Waals surface area contributed by atoms with E-state index in [4.69, 9.17) is 0 Å². The molecule has 1 atom stereocenters. The maximum absolute atomic E-state index is 12.9. The number of carbonyl (C=O) groups is 1. The number of para-hydroxylation sites is 1. The van der Waals surface area contributed by atoms with Crippen molar-refractivity contribution in [3.05, 3.63) is 93.9 Å². The van der Waals surface area contributed by atoms with Gasteiger partial charge in [0.1, 0.15) is 12.2 Å². The minimum atomic E-state index is -0.225. The van der Waals surface area contributed by atoms with Crippen LogP contribution in [0.1, 0.15) is 29.8 Å². The van der Waals surface area contributed by atoms with Gasteiger partial charge >= 0.3 is 0 Å². The van der Waals surface area contributed by atoms with E-state index in [1.807, 2.05) is 81.4 Å². The number of carbonyl (C=O) groups excluding carboxylic acids is 1. The van der Waals surface area contributed by atoms with Crippen LogP contribution in [0.3, 0.4) is 0 Å². The second-order valence-electron chi connectivity index (χ2n) is 7.48. The summed E-state index contributed by atoms with van der Waals surface area (Å²) < 4.78 is 3.25. The van der Waals surface area contributed by atoms with Gasteiger partial charge in [-0.15, -0.1) is 0 Å². The first-order valence-electron chi connectivity index (χ1n) is 9.95. The average molecular weight is 400 g/mol. The van der Waals surface area contributed by atoms with Gasteiger partial charge in [-0.25, -0.2) is 4.68 Å². The van der Waals surface area contributed by atoms with E-state index in [0.29, 0.717) is 5.65 Å². The number of aromatic nitrogens is 3. The maximum Gasteiger partial charge on any atom is 0.252 e. The van der Waals surface area contributed by atoms with Crippen LogP contribution in [0, 0.1) is 13.8 Å². The Morgan fingerprint density at radius 2 is 1.67 bits per heavy atom. The number of pyridine rings is 1. The van der Waals surface area contributed by atoms with Crippen molar-refractivity contribution in [1.82, 2.24) is 19.7 Å². The van der Waals surface area contributed by atoms with Gasteiger partial charge < -0.3 is 5.32 Å². The molecule has 1 N–H and O–H groups in total. The molecule has 4 aromatic rings. The number of nitrogens with one attached hydrogen (secondary N) is 1. The Kier molecular flexibility index (Phi) is 5.23. The molecule has 0 unspecified atom stereocenters. The summed E-state index contributed by atoms with van der Waals surface area (Å²) in [5.74, 6) is -0.225. The highest BCUT2D eigenvalue weighted by Crippen LogP contribution is 2.23. The van der Waals surface area contributed by atoms with Gasteiger partial charge in [-0.05, 0) is 44.0 Å². The third kappa shape index (κ3) is 3.64. The quantitative estimate of drug-likeness (QED) is 0.556. The lowest BCUT2D eigenvalue weighted by Crippen LogP contribution is -2.34. The Morgan fingerprint density at radius 3 is 2.33 bits per heavy atom. The molecule has 4 rings (SSSR count). The Hall–Kier alpha value is -3.67. The van der Waals surface area contributed by atoms with Crippen LogP contribution in [0.2, 0.25) is 0 Å². The largest absolute Gasteiger partial charge is 0.348 e. The summed E-state index contributed by atoms with van der Waals surface area (Å²) in [5, 5.41) is 8.54. The Morgan fingerprint density at radius 1 is 1.03 bits per heavy atom. The van der Waals surface area contributed by atoms with Gasteiger partial charge in [-0.3, -0.25) is 14.2 Å². The van der Waals surface area contributed by atoms with Gasteiger partial charge in [0.2, 0.25) is 5.91 Å². The van der Waals surface area contributed by atoms with Gasteiger partial charge in [-0.1, -0.05) is 48.5 Å². The SMILES string of the molecule is Cc1cc(=O)n(CC(=O)N[C@H](C)c2ccccc2)c2c1c(C)nn2-c1ccccc1. The van der Waals surface area contributed by atoms with E-state index in [2.05, 4.69) is 10.4 Å². The summed E-state index contributed by atoms with van der Waals surface area (Å²) >= 11 is 0. The average Bonchev–Trinajstić information content (AvgIpc) is 3.10. The lowest BCUT2D eigenvalue weighted by molar-refractivity contribution is -0.122. The number of aryl methyl sites for hydroxylation is 2. The Bertz CT molecular complexity index is 1260. The molecule has 0 fully saturated rings. The van der Waals surface area contributed by atoms with Crippen molar-refractivity contribution in [3.63, 3.8) is 0 Å². The third-order valence-corrected chi connectivity index (χ3v) is 5.27. The predicted octanol–water partition coefficient (Wildman–Crippen LogP) is 3.68. The first-order valence-corrected chi connectivity index (χ1v) is 9.95. The van der Waals surface area contributed by atoms with Crippen LogP contribution < -0.4 is 10.9 Å². The molecule has 6 heteroatoms. The first-order chi connectivity index (χ1) is 14.5. The minimum absolute atomic E-state index is 0.0786. The highest BCUT2D eigenvalue weighted by molar-refractivity contribution is 5.85. The van der Waals surface area contributed by atoms with E-state index in [1.165, 1.54) is 4.57 Å². The second kappa shape index (κ2) is 7.99. The summed E-state index contributed by atoms with van der Waals surface area (Å²) in [5.41, 5.74) is 3.93. The fraction of sp³-hybridized carbons (Fsp3) is 0.208. The van der Waals surface area contributed by atoms with E-state index in [9.17, 15) is 9.59 Å². The molecule has 0 bridgehead atoms. The van der Waals surface area contributed by atoms with Gasteiger partial charge in [0.05, 0.1) is 17.4 Å². The van der Waals surface area contributed by atoms with E-state index in [-0.39, 0.29) is 24.1 Å². The summed E-state index contributed by atoms with van der Waals surface area (Å²) in [7, 11) is 0. The van der Waals surface area contributed by atoms with Crippen molar-refractivity contribution in [2.45, 2.75) is 33.4 Å². The lowest BCUT2D eigenvalue weighted by atomic mass is 10.1. The molecular weight excluding hydrogens is 376 g/mol. The highest BCUT2D eigenvalue weighted by Gasteiger charge is 2.19. The summed E-state index contributed by atoms with van der Waals surface area (Å²) in [6, 6.07) is 20.8. The molecule has 0 aliphatic heterocycles. The Balaban J connectivity index is 1.75. The van der Waals surface area contributed by atoms with E-state index in [1.54, 1.807) is 10.7 Å². The van der Waals surface area contributed by atoms with Gasteiger partial charge in [0.25, 0.3) is 5.56 Å². The number of benzene rings is 2. The molecule has 0 aliphatic rings. The van der Waals surface area contributed by atoms with Gasteiger partial charge in [0, 0.05) is 11.5 Å². The number of amides is 1. The van der Waals surface area contributed by atoms with Gasteiger partial charge in [-0.2, -0.15) is 5.10 Å². The fourth-order valence-electron chi connectivity index (χ4n) is 3.82. The van der Waals surface area contributed by atoms with Crippen molar-refractivity contribution in [2.75, 3.05) is 0 Å². The van der Waals surface area contributed by atoms with Crippen LogP contribution in [0.5, 0.6) is 0 Å². The number of fused-ring (bicyclic) bond motifs is 1. The number of hydrogen-bond donors (Lipinski definition) is 1.